The number of aromatic nitrogens is 2. The van der Waals surface area contributed by atoms with Gasteiger partial charge in [0.15, 0.2) is 0 Å². The Morgan fingerprint density at radius 1 is 1.29 bits per heavy atom. The van der Waals surface area contributed by atoms with Gasteiger partial charge in [-0.3, -0.25) is 0 Å². The van der Waals surface area contributed by atoms with Crippen molar-refractivity contribution < 1.29 is 5.11 Å². The van der Waals surface area contributed by atoms with Gasteiger partial charge in [-0.05, 0) is 56.9 Å². The van der Waals surface area contributed by atoms with E-state index in [1.165, 1.54) is 30.6 Å². The van der Waals surface area contributed by atoms with Gasteiger partial charge in [0.25, 0.3) is 0 Å². The first kappa shape index (κ1) is 14.9. The second-order valence-electron chi connectivity index (χ2n) is 7.14. The monoisotopic (exact) mass is 304 g/mol. The van der Waals surface area contributed by atoms with Gasteiger partial charge in [0.2, 0.25) is 0 Å². The van der Waals surface area contributed by atoms with Crippen LogP contribution in [0.15, 0.2) is 6.07 Å². The van der Waals surface area contributed by atoms with Gasteiger partial charge in [-0.25, -0.2) is 9.97 Å². The lowest BCUT2D eigenvalue weighted by Crippen LogP contribution is -2.19. The van der Waals surface area contributed by atoms with Crippen molar-refractivity contribution >= 4 is 21.6 Å². The summed E-state index contributed by atoms with van der Waals surface area (Å²) in [4.78, 5) is 11.4. The molecule has 1 atom stereocenters. The zero-order valence-electron chi connectivity index (χ0n) is 13.3. The number of hydrogen-bond acceptors (Lipinski definition) is 4. The Morgan fingerprint density at radius 2 is 1.95 bits per heavy atom. The van der Waals surface area contributed by atoms with E-state index in [-0.39, 0.29) is 0 Å². The highest BCUT2D eigenvalue weighted by molar-refractivity contribution is 7.18. The summed E-state index contributed by atoms with van der Waals surface area (Å²) in [6.07, 6.45) is 4.56. The summed E-state index contributed by atoms with van der Waals surface area (Å²) in [6, 6.07) is 2.23. The Labute approximate surface area is 130 Å². The SMILES string of the molecule is Cc1nc([C@H](C)O)c2cc(C3CCC(C)(C)CC3)sc2n1. The van der Waals surface area contributed by atoms with Crippen LogP contribution in [0.1, 0.15) is 74.9 Å². The lowest BCUT2D eigenvalue weighted by atomic mass is 9.73. The summed E-state index contributed by atoms with van der Waals surface area (Å²) >= 11 is 1.79. The number of thiophene rings is 1. The first-order chi connectivity index (χ1) is 9.85. The number of fused-ring (bicyclic) bond motifs is 1. The maximum Gasteiger partial charge on any atom is 0.127 e. The molecule has 1 N–H and O–H groups in total. The maximum absolute atomic E-state index is 9.95. The Bertz CT molecular complexity index is 650. The highest BCUT2D eigenvalue weighted by atomic mass is 32.1. The van der Waals surface area contributed by atoms with Crippen LogP contribution in [0.25, 0.3) is 10.2 Å². The van der Waals surface area contributed by atoms with E-state index in [1.54, 1.807) is 18.3 Å². The van der Waals surface area contributed by atoms with Gasteiger partial charge in [0, 0.05) is 10.3 Å². The van der Waals surface area contributed by atoms with Crippen LogP contribution in [-0.2, 0) is 0 Å². The third-order valence-corrected chi connectivity index (χ3v) is 5.88. The predicted molar refractivity (Wildman–Crippen MR) is 87.8 cm³/mol. The van der Waals surface area contributed by atoms with Crippen molar-refractivity contribution in [1.82, 2.24) is 9.97 Å². The van der Waals surface area contributed by atoms with Crippen molar-refractivity contribution in [1.29, 1.82) is 0 Å². The minimum atomic E-state index is -0.540. The highest BCUT2D eigenvalue weighted by Gasteiger charge is 2.29. The second-order valence-corrected chi connectivity index (χ2v) is 8.20. The molecule has 1 aliphatic rings. The fourth-order valence-electron chi connectivity index (χ4n) is 3.28. The molecule has 2 heterocycles. The average molecular weight is 304 g/mol. The number of aryl methyl sites for hydroxylation is 1. The molecule has 1 aliphatic carbocycles. The zero-order chi connectivity index (χ0) is 15.2. The molecule has 3 nitrogen and oxygen atoms in total. The molecule has 0 radical (unpaired) electrons. The lowest BCUT2D eigenvalue weighted by Gasteiger charge is -2.33. The van der Waals surface area contributed by atoms with Crippen LogP contribution < -0.4 is 0 Å². The van der Waals surface area contributed by atoms with E-state index in [9.17, 15) is 5.11 Å². The van der Waals surface area contributed by atoms with Crippen molar-refractivity contribution in [2.75, 3.05) is 0 Å². The van der Waals surface area contributed by atoms with Crippen LogP contribution in [0, 0.1) is 12.3 Å². The Hall–Kier alpha value is -1.00. The first-order valence-corrected chi connectivity index (χ1v) is 8.63. The van der Waals surface area contributed by atoms with Gasteiger partial charge in [0.05, 0.1) is 11.8 Å². The molecular formula is C17H24N2OS. The van der Waals surface area contributed by atoms with E-state index >= 15 is 0 Å². The van der Waals surface area contributed by atoms with Gasteiger partial charge < -0.3 is 5.11 Å². The summed E-state index contributed by atoms with van der Waals surface area (Å²) in [6.45, 7) is 8.42. The number of hydrogen-bond donors (Lipinski definition) is 1. The molecule has 0 bridgehead atoms. The lowest BCUT2D eigenvalue weighted by molar-refractivity contribution is 0.196. The van der Waals surface area contributed by atoms with Gasteiger partial charge >= 0.3 is 0 Å². The third-order valence-electron chi connectivity index (χ3n) is 4.69. The van der Waals surface area contributed by atoms with Crippen molar-refractivity contribution in [3.63, 3.8) is 0 Å². The molecular weight excluding hydrogens is 280 g/mol. The Kier molecular flexibility index (Phi) is 3.78. The molecule has 1 fully saturated rings. The van der Waals surface area contributed by atoms with Gasteiger partial charge in [-0.1, -0.05) is 13.8 Å². The van der Waals surface area contributed by atoms with Crippen molar-refractivity contribution in [2.45, 2.75) is 65.4 Å². The molecule has 0 unspecified atom stereocenters. The van der Waals surface area contributed by atoms with Crippen LogP contribution >= 0.6 is 11.3 Å². The van der Waals surface area contributed by atoms with Crippen LogP contribution in [-0.4, -0.2) is 15.1 Å². The van der Waals surface area contributed by atoms with Crippen molar-refractivity contribution in [3.8, 4) is 0 Å². The Balaban J connectivity index is 1.96. The predicted octanol–water partition coefficient (Wildman–Crippen LogP) is 4.74. The molecule has 0 amide bonds. The molecule has 2 aromatic rings. The summed E-state index contributed by atoms with van der Waals surface area (Å²) in [5, 5.41) is 11.0. The normalized spacial score (nSPS) is 20.8. The van der Waals surface area contributed by atoms with E-state index < -0.39 is 6.10 Å². The maximum atomic E-state index is 9.95. The quantitative estimate of drug-likeness (QED) is 0.872. The summed E-state index contributed by atoms with van der Waals surface area (Å²) in [7, 11) is 0. The molecule has 114 valence electrons. The number of aliphatic hydroxyl groups excluding tert-OH is 1. The number of nitrogens with zero attached hydrogens (tertiary/aromatic N) is 2. The minimum absolute atomic E-state index is 0.494. The fraction of sp³-hybridized carbons (Fsp3) is 0.647. The van der Waals surface area contributed by atoms with Crippen LogP contribution in [0.3, 0.4) is 0 Å². The van der Waals surface area contributed by atoms with Crippen LogP contribution in [0.4, 0.5) is 0 Å². The molecule has 0 aliphatic heterocycles. The van der Waals surface area contributed by atoms with Crippen molar-refractivity contribution in [2.24, 2.45) is 5.41 Å². The average Bonchev–Trinajstić information content (AvgIpc) is 2.80. The smallest absolute Gasteiger partial charge is 0.127 e. The van der Waals surface area contributed by atoms with Crippen molar-refractivity contribution in [3.05, 3.63) is 22.5 Å². The molecule has 0 saturated heterocycles. The minimum Gasteiger partial charge on any atom is -0.387 e. The molecule has 0 spiro atoms. The summed E-state index contributed by atoms with van der Waals surface area (Å²) in [5.74, 6) is 1.40. The molecule has 1 saturated carbocycles. The van der Waals surface area contributed by atoms with E-state index in [0.717, 1.165) is 21.7 Å². The Morgan fingerprint density at radius 3 is 2.57 bits per heavy atom. The van der Waals surface area contributed by atoms with E-state index in [2.05, 4.69) is 29.9 Å². The topological polar surface area (TPSA) is 46.0 Å². The third kappa shape index (κ3) is 2.97. The fourth-order valence-corrected chi connectivity index (χ4v) is 4.53. The van der Waals surface area contributed by atoms with Gasteiger partial charge in [0.1, 0.15) is 10.7 Å². The highest BCUT2D eigenvalue weighted by Crippen LogP contribution is 2.45. The summed E-state index contributed by atoms with van der Waals surface area (Å²) < 4.78 is 0. The summed E-state index contributed by atoms with van der Waals surface area (Å²) in [5.41, 5.74) is 1.27. The standard InChI is InChI=1S/C17H24N2OS/c1-10(20)15-13-9-14(21-16(13)19-11(2)18-15)12-5-7-17(3,4)8-6-12/h9-10,12,20H,5-8H2,1-4H3/t10-/m0/s1. The molecule has 4 heteroatoms. The molecule has 3 rings (SSSR count). The molecule has 0 aromatic carbocycles. The number of aliphatic hydroxyl groups is 1. The van der Waals surface area contributed by atoms with Gasteiger partial charge in [-0.15, -0.1) is 11.3 Å². The van der Waals surface area contributed by atoms with Crippen LogP contribution in [0.2, 0.25) is 0 Å². The van der Waals surface area contributed by atoms with Gasteiger partial charge in [-0.2, -0.15) is 0 Å². The molecule has 21 heavy (non-hydrogen) atoms. The van der Waals surface area contributed by atoms with Crippen LogP contribution in [0.5, 0.6) is 0 Å². The van der Waals surface area contributed by atoms with E-state index in [1.807, 2.05) is 6.92 Å². The molecule has 2 aromatic heterocycles. The second kappa shape index (κ2) is 5.33. The number of rotatable bonds is 2. The largest absolute Gasteiger partial charge is 0.387 e. The zero-order valence-corrected chi connectivity index (χ0v) is 14.1. The van der Waals surface area contributed by atoms with E-state index in [0.29, 0.717) is 11.3 Å². The van der Waals surface area contributed by atoms with E-state index in [4.69, 9.17) is 0 Å². The first-order valence-electron chi connectivity index (χ1n) is 7.82.